The predicted octanol–water partition coefficient (Wildman–Crippen LogP) is 3.63. The fourth-order valence-electron chi connectivity index (χ4n) is 3.51. The molecule has 2 aliphatic rings. The van der Waals surface area contributed by atoms with Gasteiger partial charge >= 0.3 is 0 Å². The Morgan fingerprint density at radius 2 is 1.88 bits per heavy atom. The van der Waals surface area contributed by atoms with Gasteiger partial charge in [-0.2, -0.15) is 0 Å². The Balaban J connectivity index is 0.00000243. The Morgan fingerprint density at radius 1 is 1.19 bits per heavy atom. The van der Waals surface area contributed by atoms with E-state index in [1.165, 1.54) is 18.4 Å². The molecule has 0 spiro atoms. The quantitative estimate of drug-likeness (QED) is 0.416. The number of anilines is 1. The Labute approximate surface area is 174 Å². The maximum absolute atomic E-state index is 11.8. The Bertz CT molecular complexity index is 609. The van der Waals surface area contributed by atoms with Crippen LogP contribution in [-0.2, 0) is 11.3 Å². The molecule has 2 heterocycles. The molecule has 0 bridgehead atoms. The van der Waals surface area contributed by atoms with Crippen molar-refractivity contribution in [1.82, 2.24) is 10.2 Å². The molecule has 3 rings (SSSR count). The summed E-state index contributed by atoms with van der Waals surface area (Å²) in [5.41, 5.74) is 2.18. The number of nitrogens with one attached hydrogen (secondary N) is 1. The Morgan fingerprint density at radius 3 is 2.46 bits per heavy atom. The first-order valence-electron chi connectivity index (χ1n) is 9.60. The molecular weight excluding hydrogens is 439 g/mol. The molecular formula is C20H31IN4O. The normalized spacial score (nSPS) is 18.8. The number of nitrogens with zero attached hydrogens (tertiary/aromatic N) is 3. The summed E-state index contributed by atoms with van der Waals surface area (Å²) in [5, 5.41) is 3.42. The first-order chi connectivity index (χ1) is 12.2. The van der Waals surface area contributed by atoms with Crippen molar-refractivity contribution in [2.75, 3.05) is 31.1 Å². The Kier molecular flexibility index (Phi) is 8.18. The number of hydrogen-bond acceptors (Lipinski definition) is 2. The van der Waals surface area contributed by atoms with E-state index in [1.54, 1.807) is 0 Å². The molecule has 0 aromatic heterocycles. The smallest absolute Gasteiger partial charge is 0.227 e. The summed E-state index contributed by atoms with van der Waals surface area (Å²) in [6, 6.07) is 8.27. The molecule has 2 fully saturated rings. The third kappa shape index (κ3) is 5.34. The average molecular weight is 470 g/mol. The SMILES string of the molecule is CCNC(=NCc1ccc(N2CCCC2=O)cc1)N1CCC(C)CC1.I. The highest BCUT2D eigenvalue weighted by molar-refractivity contribution is 14.0. The van der Waals surface area contributed by atoms with Crippen LogP contribution in [0.25, 0.3) is 0 Å². The average Bonchev–Trinajstić information content (AvgIpc) is 3.06. The van der Waals surface area contributed by atoms with Crippen molar-refractivity contribution < 1.29 is 4.79 Å². The van der Waals surface area contributed by atoms with Crippen LogP contribution in [0.3, 0.4) is 0 Å². The molecule has 2 saturated heterocycles. The lowest BCUT2D eigenvalue weighted by atomic mass is 10.00. The van der Waals surface area contributed by atoms with Crippen molar-refractivity contribution in [3.05, 3.63) is 29.8 Å². The second-order valence-electron chi connectivity index (χ2n) is 7.16. The van der Waals surface area contributed by atoms with Crippen molar-refractivity contribution in [3.8, 4) is 0 Å². The number of piperidine rings is 1. The highest BCUT2D eigenvalue weighted by Crippen LogP contribution is 2.22. The second-order valence-corrected chi connectivity index (χ2v) is 7.16. The van der Waals surface area contributed by atoms with E-state index < -0.39 is 0 Å². The summed E-state index contributed by atoms with van der Waals surface area (Å²) in [4.78, 5) is 20.9. The van der Waals surface area contributed by atoms with Gasteiger partial charge in [-0.1, -0.05) is 19.1 Å². The molecule has 0 atom stereocenters. The van der Waals surface area contributed by atoms with Crippen LogP contribution >= 0.6 is 24.0 Å². The lowest BCUT2D eigenvalue weighted by Gasteiger charge is -2.33. The number of carbonyl (C=O) groups is 1. The first-order valence-corrected chi connectivity index (χ1v) is 9.60. The number of rotatable bonds is 4. The zero-order valence-corrected chi connectivity index (χ0v) is 18.2. The zero-order chi connectivity index (χ0) is 17.6. The molecule has 26 heavy (non-hydrogen) atoms. The van der Waals surface area contributed by atoms with Crippen LogP contribution in [0.2, 0.25) is 0 Å². The molecule has 0 radical (unpaired) electrons. The number of carbonyl (C=O) groups excluding carboxylic acids is 1. The predicted molar refractivity (Wildman–Crippen MR) is 118 cm³/mol. The number of amides is 1. The van der Waals surface area contributed by atoms with E-state index in [0.29, 0.717) is 13.0 Å². The summed E-state index contributed by atoms with van der Waals surface area (Å²) < 4.78 is 0. The minimum absolute atomic E-state index is 0. The largest absolute Gasteiger partial charge is 0.357 e. The van der Waals surface area contributed by atoms with Crippen LogP contribution in [0.1, 0.15) is 45.1 Å². The van der Waals surface area contributed by atoms with Gasteiger partial charge < -0.3 is 15.1 Å². The third-order valence-corrected chi connectivity index (χ3v) is 5.15. The van der Waals surface area contributed by atoms with Crippen LogP contribution in [0, 0.1) is 5.92 Å². The van der Waals surface area contributed by atoms with Gasteiger partial charge in [-0.3, -0.25) is 4.79 Å². The number of guanidine groups is 1. The third-order valence-electron chi connectivity index (χ3n) is 5.15. The maximum atomic E-state index is 11.8. The molecule has 2 aliphatic heterocycles. The van der Waals surface area contributed by atoms with Gasteiger partial charge in [0.1, 0.15) is 0 Å². The van der Waals surface area contributed by atoms with Crippen molar-refractivity contribution in [3.63, 3.8) is 0 Å². The highest BCUT2D eigenvalue weighted by Gasteiger charge is 2.21. The van der Waals surface area contributed by atoms with E-state index in [0.717, 1.165) is 50.2 Å². The highest BCUT2D eigenvalue weighted by atomic mass is 127. The van der Waals surface area contributed by atoms with Crippen molar-refractivity contribution in [1.29, 1.82) is 0 Å². The lowest BCUT2D eigenvalue weighted by Crippen LogP contribution is -2.45. The van der Waals surface area contributed by atoms with Gasteiger partial charge in [-0.15, -0.1) is 24.0 Å². The van der Waals surface area contributed by atoms with Crippen LogP contribution < -0.4 is 10.2 Å². The van der Waals surface area contributed by atoms with Gasteiger partial charge in [0.2, 0.25) is 5.91 Å². The summed E-state index contributed by atoms with van der Waals surface area (Å²) in [5.74, 6) is 2.08. The van der Waals surface area contributed by atoms with Gasteiger partial charge in [-0.25, -0.2) is 4.99 Å². The van der Waals surface area contributed by atoms with Crippen molar-refractivity contribution >= 4 is 41.5 Å². The molecule has 6 heteroatoms. The van der Waals surface area contributed by atoms with Crippen LogP contribution in [0.15, 0.2) is 29.3 Å². The van der Waals surface area contributed by atoms with Crippen LogP contribution in [0.5, 0.6) is 0 Å². The van der Waals surface area contributed by atoms with Crippen LogP contribution in [0.4, 0.5) is 5.69 Å². The number of hydrogen-bond donors (Lipinski definition) is 1. The van der Waals surface area contributed by atoms with Gasteiger partial charge in [-0.05, 0) is 49.8 Å². The molecule has 1 aromatic carbocycles. The molecule has 0 aliphatic carbocycles. The van der Waals surface area contributed by atoms with Gasteiger partial charge in [0.15, 0.2) is 5.96 Å². The van der Waals surface area contributed by atoms with Gasteiger partial charge in [0.25, 0.3) is 0 Å². The lowest BCUT2D eigenvalue weighted by molar-refractivity contribution is -0.117. The number of halogens is 1. The number of aliphatic imine (C=N–C) groups is 1. The van der Waals surface area contributed by atoms with E-state index in [4.69, 9.17) is 4.99 Å². The molecule has 1 N–H and O–H groups in total. The summed E-state index contributed by atoms with van der Waals surface area (Å²) >= 11 is 0. The topological polar surface area (TPSA) is 47.9 Å². The molecule has 5 nitrogen and oxygen atoms in total. The summed E-state index contributed by atoms with van der Waals surface area (Å²) in [6.07, 6.45) is 4.11. The summed E-state index contributed by atoms with van der Waals surface area (Å²) in [6.45, 7) is 9.02. The fraction of sp³-hybridized carbons (Fsp3) is 0.600. The fourth-order valence-corrected chi connectivity index (χ4v) is 3.51. The maximum Gasteiger partial charge on any atom is 0.227 e. The molecule has 0 saturated carbocycles. The van der Waals surface area contributed by atoms with Crippen molar-refractivity contribution in [2.24, 2.45) is 10.9 Å². The van der Waals surface area contributed by atoms with Gasteiger partial charge in [0, 0.05) is 38.3 Å². The van der Waals surface area contributed by atoms with E-state index in [1.807, 2.05) is 17.0 Å². The molecule has 1 aromatic rings. The minimum Gasteiger partial charge on any atom is -0.357 e. The van der Waals surface area contributed by atoms with E-state index in [9.17, 15) is 4.79 Å². The monoisotopic (exact) mass is 470 g/mol. The summed E-state index contributed by atoms with van der Waals surface area (Å²) in [7, 11) is 0. The van der Waals surface area contributed by atoms with Crippen LogP contribution in [-0.4, -0.2) is 42.9 Å². The van der Waals surface area contributed by atoms with Crippen molar-refractivity contribution in [2.45, 2.75) is 46.1 Å². The molecule has 1 amide bonds. The van der Waals surface area contributed by atoms with E-state index >= 15 is 0 Å². The Hall–Kier alpha value is -1.31. The first kappa shape index (κ1) is 21.0. The molecule has 144 valence electrons. The standard InChI is InChI=1S/C20H30N4O.HI/c1-3-21-20(23-13-10-16(2)11-14-23)22-15-17-6-8-18(9-7-17)24-12-4-5-19(24)25;/h6-9,16H,3-5,10-15H2,1-2H3,(H,21,22);1H. The second kappa shape index (κ2) is 10.1. The van der Waals surface area contributed by atoms with Gasteiger partial charge in [0.05, 0.1) is 6.54 Å². The molecule has 0 unspecified atom stereocenters. The van der Waals surface area contributed by atoms with E-state index in [2.05, 4.69) is 36.2 Å². The number of likely N-dealkylation sites (tertiary alicyclic amines) is 1. The number of benzene rings is 1. The zero-order valence-electron chi connectivity index (χ0n) is 15.9. The van der Waals surface area contributed by atoms with E-state index in [-0.39, 0.29) is 29.9 Å². The minimum atomic E-state index is 0.